The lowest BCUT2D eigenvalue weighted by molar-refractivity contribution is -0.137. The van der Waals surface area contributed by atoms with Crippen molar-refractivity contribution in [1.82, 2.24) is 19.9 Å². The van der Waals surface area contributed by atoms with Gasteiger partial charge in [-0.2, -0.15) is 13.2 Å². The number of thiazole rings is 1. The quantitative estimate of drug-likeness (QED) is 0.390. The molecule has 4 heterocycles. The normalized spacial score (nSPS) is 19.1. The maximum absolute atomic E-state index is 12.3. The summed E-state index contributed by atoms with van der Waals surface area (Å²) in [5.74, 6) is -0.812. The smallest absolute Gasteiger partial charge is 0.408 e. The number of hydrogen-bond donors (Lipinski definition) is 1. The molecule has 3 aromatic rings. The zero-order chi connectivity index (χ0) is 25.3. The van der Waals surface area contributed by atoms with Crippen LogP contribution in [0, 0.1) is 0 Å². The number of carbonyl (C=O) groups is 1. The molecule has 1 unspecified atom stereocenters. The van der Waals surface area contributed by atoms with Crippen LogP contribution >= 0.6 is 11.3 Å². The van der Waals surface area contributed by atoms with Crippen molar-refractivity contribution in [3.63, 3.8) is 0 Å². The molecule has 0 spiro atoms. The van der Waals surface area contributed by atoms with Gasteiger partial charge in [-0.3, -0.25) is 10.3 Å². The number of rotatable bonds is 6. The van der Waals surface area contributed by atoms with E-state index in [2.05, 4.69) is 15.5 Å². The Labute approximate surface area is 205 Å². The highest BCUT2D eigenvalue weighted by Crippen LogP contribution is 2.33. The lowest BCUT2D eigenvalue weighted by Crippen LogP contribution is -2.39. The second-order valence-electron chi connectivity index (χ2n) is 8.17. The van der Waals surface area contributed by atoms with Gasteiger partial charge in [0.1, 0.15) is 6.21 Å². The number of fused-ring (bicyclic) bond motifs is 1. The Morgan fingerprint density at radius 3 is 2.86 bits per heavy atom. The molecule has 36 heavy (non-hydrogen) atoms. The van der Waals surface area contributed by atoms with E-state index >= 15 is 0 Å². The number of para-hydroxylation sites is 2. The molecule has 10 nitrogen and oxygen atoms in total. The lowest BCUT2D eigenvalue weighted by atomic mass is 9.97. The molecule has 1 saturated heterocycles. The number of hydroxylamine groups is 1. The van der Waals surface area contributed by atoms with Crippen LogP contribution in [0.15, 0.2) is 50.1 Å². The standard InChI is InChI=1S/C22H20F3N5O5S/c23-22(24,25)12-26-33-10-18(31)29-7-5-13(6-8-29)20-27-15(11-36-20)14-9-19(35-28-14)30-16-3-1-2-4-17(16)34-21(30)32/h1-4,9,11-13,19,28H,5-8,10H2. The molecule has 5 rings (SSSR count). The number of aromatic nitrogens is 2. The summed E-state index contributed by atoms with van der Waals surface area (Å²) in [4.78, 5) is 40.8. The van der Waals surface area contributed by atoms with Crippen LogP contribution in [-0.2, 0) is 14.5 Å². The summed E-state index contributed by atoms with van der Waals surface area (Å²) in [6.45, 7) is 0.329. The van der Waals surface area contributed by atoms with Crippen molar-refractivity contribution in [3.05, 3.63) is 57.0 Å². The molecule has 0 aliphatic carbocycles. The highest BCUT2D eigenvalue weighted by molar-refractivity contribution is 7.09. The van der Waals surface area contributed by atoms with E-state index in [1.807, 2.05) is 5.38 Å². The summed E-state index contributed by atoms with van der Waals surface area (Å²) in [5.41, 5.74) is 5.22. The molecule has 1 fully saturated rings. The number of oxime groups is 1. The summed E-state index contributed by atoms with van der Waals surface area (Å²) in [6.07, 6.45) is -2.51. The van der Waals surface area contributed by atoms with Crippen molar-refractivity contribution in [3.8, 4) is 0 Å². The first kappa shape index (κ1) is 24.1. The van der Waals surface area contributed by atoms with E-state index in [-0.39, 0.29) is 12.1 Å². The van der Waals surface area contributed by atoms with Crippen molar-refractivity contribution < 1.29 is 32.1 Å². The van der Waals surface area contributed by atoms with Gasteiger partial charge in [0, 0.05) is 24.4 Å². The van der Waals surface area contributed by atoms with Gasteiger partial charge in [-0.25, -0.2) is 19.2 Å². The number of halogens is 3. The van der Waals surface area contributed by atoms with Crippen LogP contribution in [0.3, 0.4) is 0 Å². The number of piperidine rings is 1. The third kappa shape index (κ3) is 5.14. The summed E-state index contributed by atoms with van der Waals surface area (Å²) in [6, 6.07) is 7.07. The maximum Gasteiger partial charge on any atom is 0.429 e. The van der Waals surface area contributed by atoms with Gasteiger partial charge in [0.2, 0.25) is 0 Å². The van der Waals surface area contributed by atoms with Crippen LogP contribution in [0.2, 0.25) is 0 Å². The second kappa shape index (κ2) is 9.78. The molecule has 0 saturated carbocycles. The Kier molecular flexibility index (Phi) is 6.53. The Balaban J connectivity index is 1.18. The molecule has 1 N–H and O–H groups in total. The molecular weight excluding hydrogens is 503 g/mol. The SMILES string of the molecule is O=C(CON=CC(F)(F)F)N1CCC(c2nc(C3=CC(n4c(=O)oc5ccccc54)ON3)cs2)CC1. The number of hydrogen-bond acceptors (Lipinski definition) is 9. The average molecular weight is 523 g/mol. The molecule has 1 atom stereocenters. The van der Waals surface area contributed by atoms with Crippen molar-refractivity contribution in [2.75, 3.05) is 19.7 Å². The molecule has 2 aliphatic rings. The zero-order valence-corrected chi connectivity index (χ0v) is 19.4. The molecular formula is C22H20F3N5O5S. The van der Waals surface area contributed by atoms with E-state index in [1.54, 1.807) is 35.2 Å². The number of carbonyl (C=O) groups excluding carboxylic acids is 1. The van der Waals surface area contributed by atoms with Gasteiger partial charge >= 0.3 is 11.9 Å². The Hall–Kier alpha value is -3.65. The summed E-state index contributed by atoms with van der Waals surface area (Å²) < 4.78 is 42.8. The highest BCUT2D eigenvalue weighted by Gasteiger charge is 2.29. The second-order valence-corrected chi connectivity index (χ2v) is 9.06. The summed E-state index contributed by atoms with van der Waals surface area (Å²) in [5, 5.41) is 5.56. The van der Waals surface area contributed by atoms with Gasteiger partial charge in [0.15, 0.2) is 18.4 Å². The van der Waals surface area contributed by atoms with Gasteiger partial charge in [-0.1, -0.05) is 17.3 Å². The Morgan fingerprint density at radius 1 is 1.31 bits per heavy atom. The predicted octanol–water partition coefficient (Wildman–Crippen LogP) is 3.40. The van der Waals surface area contributed by atoms with Crippen molar-refractivity contribution in [2.24, 2.45) is 5.16 Å². The molecule has 1 aromatic carbocycles. The topological polar surface area (TPSA) is 111 Å². The van der Waals surface area contributed by atoms with E-state index in [1.165, 1.54) is 15.9 Å². The summed E-state index contributed by atoms with van der Waals surface area (Å²) >= 11 is 1.49. The fourth-order valence-corrected chi connectivity index (χ4v) is 5.07. The first-order valence-corrected chi connectivity index (χ1v) is 11.9. The largest absolute Gasteiger partial charge is 0.429 e. The minimum Gasteiger partial charge on any atom is -0.408 e. The number of benzene rings is 1. The number of oxazole rings is 1. The number of alkyl halides is 3. The zero-order valence-electron chi connectivity index (χ0n) is 18.6. The average Bonchev–Trinajstić information content (AvgIpc) is 3.59. The monoisotopic (exact) mass is 523 g/mol. The predicted molar refractivity (Wildman–Crippen MR) is 123 cm³/mol. The Morgan fingerprint density at radius 2 is 2.08 bits per heavy atom. The van der Waals surface area contributed by atoms with Crippen LogP contribution in [0.4, 0.5) is 13.2 Å². The van der Waals surface area contributed by atoms with E-state index in [9.17, 15) is 22.8 Å². The molecule has 2 aliphatic heterocycles. The number of likely N-dealkylation sites (tertiary alicyclic amines) is 1. The third-order valence-electron chi connectivity index (χ3n) is 5.83. The van der Waals surface area contributed by atoms with Crippen LogP contribution < -0.4 is 11.2 Å². The lowest BCUT2D eigenvalue weighted by Gasteiger charge is -2.30. The minimum atomic E-state index is -4.59. The van der Waals surface area contributed by atoms with E-state index in [0.717, 1.165) is 5.01 Å². The molecule has 190 valence electrons. The summed E-state index contributed by atoms with van der Waals surface area (Å²) in [7, 11) is 0. The fraction of sp³-hybridized carbons (Fsp3) is 0.364. The van der Waals surface area contributed by atoms with Crippen LogP contribution in [-0.4, -0.2) is 52.4 Å². The van der Waals surface area contributed by atoms with Gasteiger partial charge in [0.25, 0.3) is 5.91 Å². The van der Waals surface area contributed by atoms with Crippen molar-refractivity contribution in [1.29, 1.82) is 0 Å². The van der Waals surface area contributed by atoms with Crippen molar-refractivity contribution >= 4 is 40.3 Å². The minimum absolute atomic E-state index is 0.135. The highest BCUT2D eigenvalue weighted by atomic mass is 32.1. The molecule has 1 amide bonds. The van der Waals surface area contributed by atoms with Crippen LogP contribution in [0.1, 0.15) is 35.7 Å². The number of nitrogens with zero attached hydrogens (tertiary/aromatic N) is 4. The molecule has 0 bridgehead atoms. The van der Waals surface area contributed by atoms with Gasteiger partial charge in [-0.15, -0.1) is 11.3 Å². The third-order valence-corrected chi connectivity index (χ3v) is 6.84. The van der Waals surface area contributed by atoms with Crippen LogP contribution in [0.5, 0.6) is 0 Å². The van der Waals surface area contributed by atoms with Crippen LogP contribution in [0.25, 0.3) is 16.8 Å². The fourth-order valence-electron chi connectivity index (χ4n) is 4.08. The maximum atomic E-state index is 12.3. The van der Waals surface area contributed by atoms with Crippen molar-refractivity contribution in [2.45, 2.75) is 31.2 Å². The van der Waals surface area contributed by atoms with Gasteiger partial charge < -0.3 is 14.2 Å². The van der Waals surface area contributed by atoms with E-state index < -0.39 is 30.7 Å². The first-order valence-electron chi connectivity index (χ1n) is 11.0. The van der Waals surface area contributed by atoms with E-state index in [4.69, 9.17) is 14.2 Å². The van der Waals surface area contributed by atoms with Gasteiger partial charge in [-0.05, 0) is 31.1 Å². The molecule has 2 aromatic heterocycles. The number of amides is 1. The first-order chi connectivity index (χ1) is 17.3. The Bertz CT molecular complexity index is 1370. The number of nitrogens with one attached hydrogen (secondary N) is 1. The van der Waals surface area contributed by atoms with E-state index in [0.29, 0.717) is 48.4 Å². The molecule has 0 radical (unpaired) electrons. The van der Waals surface area contributed by atoms with Gasteiger partial charge in [0.05, 0.1) is 21.9 Å². The molecule has 14 heteroatoms.